The zero-order valence-corrected chi connectivity index (χ0v) is 75.2. The highest BCUT2D eigenvalue weighted by Crippen LogP contribution is 2.55. The van der Waals surface area contributed by atoms with Gasteiger partial charge >= 0.3 is 11.9 Å². The minimum atomic E-state index is -1.94. The second-order valence-corrected chi connectivity index (χ2v) is 38.8. The van der Waals surface area contributed by atoms with Crippen molar-refractivity contribution in [3.05, 3.63) is 111 Å². The first-order valence-electron chi connectivity index (χ1n) is 42.5. The number of benzene rings is 2. The van der Waals surface area contributed by atoms with E-state index in [1.165, 1.54) is 84.7 Å². The number of hydrogen-bond donors (Lipinski definition) is 11. The number of carbonyl (C=O) groups is 11. The van der Waals surface area contributed by atoms with Crippen molar-refractivity contribution in [3.8, 4) is 0 Å². The van der Waals surface area contributed by atoms with Crippen LogP contribution in [0.15, 0.2) is 100 Å². The number of likely N-dealkylation sites (tertiary alicyclic amines) is 2. The average Bonchev–Trinajstić information content (AvgIpc) is 1.56. The van der Waals surface area contributed by atoms with E-state index in [2.05, 4.69) is 11.9 Å². The quantitative estimate of drug-likeness (QED) is 0.00870. The van der Waals surface area contributed by atoms with E-state index in [1.807, 2.05) is 12.1 Å². The molecule has 0 radical (unpaired) electrons. The summed E-state index contributed by atoms with van der Waals surface area (Å²) in [4.78, 5) is 160. The number of nitroso groups, excluding NO2 is 1. The summed E-state index contributed by atoms with van der Waals surface area (Å²) in [7, 11) is 2.98. The Morgan fingerprint density at radius 2 is 1.26 bits per heavy atom. The number of fused-ring (bicyclic) bond motifs is 7. The van der Waals surface area contributed by atoms with Gasteiger partial charge in [0.25, 0.3) is 11.6 Å². The molecule has 9 saturated heterocycles. The normalized spacial score (nSPS) is 36.6. The van der Waals surface area contributed by atoms with E-state index < -0.39 is 221 Å². The standard InChI is InChI=1S/C59H78N2O23S.C27H32N4O9S3/c1-23(46-49(83-55-39(64)24(2)58(8,76)29(7)79-55)43(68)45(70)57(80-46)82-48-28(6)78-56(44(69)42(48)67)81-47-27(5)77-26(4)40(65)41(47)66)15-18-59-19-16-35(84-59)36-37(59)52(73)60(51(36)72)20-17-33(63)21-34-50(71)61-38(54(74)75)32(22-85-53(34)61)14-11-30-9-12-31(13-10-30)25(3)62;1-29(38)17-3-5-18(6-4-17)42-14-16-15-43-26-22(25(35)31(26)23(16)27(36)37)28-20(32)7-8-30-21(33)13-19(24(30)34)41-12-11-40-10-9-39-2/h9-10,12-13,16,19,24,26-29,34-37,39-49,53,55-57,64-70,76H,1,11,14-15,17-18,20-22H2,2-8H3,(H,74,75);3-6,19,22,26H,7-15H2,1-2H3,(H-,28,32,36,37)/p+1/t24-,26-,27?,28?,29?,34?,35?,36?,37?,39?,40?,41+,42-,43-,44?,45?,46?,47-,48-,49+,53?,55-,56-,57-,58-,59?;/m0./s1. The van der Waals surface area contributed by atoms with Gasteiger partial charge in [-0.3, -0.25) is 62.8 Å². The lowest BCUT2D eigenvalue weighted by molar-refractivity contribution is -0.428. The molecule has 0 aliphatic carbocycles. The van der Waals surface area contributed by atoms with Crippen LogP contribution in [-0.2, 0) is 102 Å². The molecule has 0 saturated carbocycles. The number of aliphatic hydroxyl groups excluding tert-OH is 7. The first kappa shape index (κ1) is 98.2. The molecule has 2 bridgehead atoms. The predicted octanol–water partition coefficient (Wildman–Crippen LogP) is 1.25. The Labute approximate surface area is 754 Å². The first-order valence-corrected chi connectivity index (χ1v) is 46.7. The Morgan fingerprint density at radius 1 is 0.656 bits per heavy atom. The Kier molecular flexibility index (Phi) is 31.5. The minimum Gasteiger partial charge on any atom is -0.477 e. The van der Waals surface area contributed by atoms with E-state index in [4.69, 9.17) is 47.4 Å². The summed E-state index contributed by atoms with van der Waals surface area (Å²) < 4.78 is 59.7. The van der Waals surface area contributed by atoms with Gasteiger partial charge in [0.1, 0.15) is 95.7 Å². The molecule has 17 unspecified atom stereocenters. The highest BCUT2D eigenvalue weighted by molar-refractivity contribution is 8.01. The van der Waals surface area contributed by atoms with Gasteiger partial charge in [0.05, 0.1) is 89.9 Å². The van der Waals surface area contributed by atoms with E-state index in [9.17, 15) is 109 Å². The van der Waals surface area contributed by atoms with Gasteiger partial charge < -0.3 is 104 Å². The molecular weight excluding hydrogens is 1760 g/mol. The maximum atomic E-state index is 14.4. The van der Waals surface area contributed by atoms with E-state index in [0.717, 1.165) is 25.0 Å². The van der Waals surface area contributed by atoms with Crippen LogP contribution in [0.1, 0.15) is 109 Å². The maximum Gasteiger partial charge on any atom is 0.352 e. The lowest BCUT2D eigenvalue weighted by Crippen LogP contribution is -2.70. The zero-order valence-electron chi connectivity index (χ0n) is 71.9. The van der Waals surface area contributed by atoms with Gasteiger partial charge in [0.2, 0.25) is 35.4 Å². The number of amides is 7. The summed E-state index contributed by atoms with van der Waals surface area (Å²) in [6.07, 6.45) is -22.9. The molecule has 12 aliphatic rings. The molecule has 12 aliphatic heterocycles. The molecule has 42 heteroatoms. The number of ketones is 2. The highest BCUT2D eigenvalue weighted by atomic mass is 32.2. The number of aryl methyl sites for hydroxylation is 1. The number of β-lactam (4-membered cyclic amide) rings is 2. The summed E-state index contributed by atoms with van der Waals surface area (Å²) in [5.74, 6) is -8.33. The van der Waals surface area contributed by atoms with Crippen LogP contribution in [0, 0.1) is 28.6 Å². The molecule has 128 heavy (non-hydrogen) atoms. The van der Waals surface area contributed by atoms with Crippen molar-refractivity contribution in [1.29, 1.82) is 0 Å². The van der Waals surface area contributed by atoms with Crippen LogP contribution < -0.4 is 5.32 Å². The molecule has 14 rings (SSSR count). The number of carboxylic acids is 2. The third-order valence-electron chi connectivity index (χ3n) is 26.0. The summed E-state index contributed by atoms with van der Waals surface area (Å²) in [5.41, 5.74) is 0.233. The summed E-state index contributed by atoms with van der Waals surface area (Å²) >= 11 is 5.47. The molecule has 9 fully saturated rings. The number of aliphatic hydroxyl groups is 8. The fourth-order valence-electron chi connectivity index (χ4n) is 18.2. The SMILES string of the molecule is C=C(CCC12C=CC(O1)C1C(=O)N(CCC(=O)CC3C(=O)N4C(C(=O)O)=C(CCc5ccc(C(C)=O)cc5)CSC34)C(=O)C12)C1O[C@@H](O[C@H]2C(C)O[C@@H](O[C@H]3C(C)O[C@@H](C)C(O)[C@H]3O)C(O)[C@@H]2O)C(O)[C@H](O)[C@H]1O[C@@H]1OC(C)[C@@](C)(O)[C@@H](C)C1O.COCCOCCSC1CC(=O)N(CCC(=O)NC2C(=O)N3C(C(=O)O)=C(CSc4ccc([N+](C)=O)cc4)CSC23)C1=O. The van der Waals surface area contributed by atoms with Gasteiger partial charge in [0.15, 0.2) is 31.7 Å². The number of rotatable bonds is 36. The van der Waals surface area contributed by atoms with E-state index in [-0.39, 0.29) is 86.2 Å². The number of carbonyl (C=O) groups excluding carboxylic acids is 9. The molecule has 0 spiro atoms. The molecule has 29 atom stereocenters. The van der Waals surface area contributed by atoms with Crippen molar-refractivity contribution in [2.75, 3.05) is 70.1 Å². The van der Waals surface area contributed by atoms with Crippen LogP contribution in [-0.4, -0.2) is 360 Å². The largest absolute Gasteiger partial charge is 0.477 e. The van der Waals surface area contributed by atoms with Crippen LogP contribution in [0.2, 0.25) is 0 Å². The van der Waals surface area contributed by atoms with Gasteiger partial charge in [-0.25, -0.2) is 9.59 Å². The van der Waals surface area contributed by atoms with Crippen LogP contribution in [0.3, 0.4) is 0 Å². The summed E-state index contributed by atoms with van der Waals surface area (Å²) in [6, 6.07) is 13.0. The molecule has 2 aromatic rings. The van der Waals surface area contributed by atoms with Gasteiger partial charge in [-0.2, -0.15) is 0 Å². The fourth-order valence-corrected chi connectivity index (χ4v) is 23.0. The van der Waals surface area contributed by atoms with Crippen LogP contribution >= 0.6 is 47.0 Å². The molecular formula is C86H111N6O32S4+. The molecule has 38 nitrogen and oxygen atoms in total. The summed E-state index contributed by atoms with van der Waals surface area (Å²) in [5, 5.41) is 111. The summed E-state index contributed by atoms with van der Waals surface area (Å²) in [6.45, 7) is 16.0. The van der Waals surface area contributed by atoms with Crippen molar-refractivity contribution in [2.24, 2.45) is 23.7 Å². The maximum absolute atomic E-state index is 14.4. The molecule has 11 N–H and O–H groups in total. The van der Waals surface area contributed by atoms with E-state index in [1.54, 1.807) is 83.4 Å². The Hall–Kier alpha value is -7.35. The number of thioether (sulfide) groups is 4. The minimum absolute atomic E-state index is 0.000822. The topological polar surface area (TPSA) is 527 Å². The predicted molar refractivity (Wildman–Crippen MR) is 454 cm³/mol. The van der Waals surface area contributed by atoms with Crippen LogP contribution in [0.25, 0.3) is 0 Å². The third-order valence-corrected chi connectivity index (χ3v) is 31.0. The van der Waals surface area contributed by atoms with Crippen molar-refractivity contribution in [2.45, 2.75) is 255 Å². The smallest absolute Gasteiger partial charge is 0.352 e. The van der Waals surface area contributed by atoms with Crippen molar-refractivity contribution < 1.29 is 156 Å². The number of aliphatic carboxylic acids is 2. The number of methoxy groups -OCH3 is 1. The van der Waals surface area contributed by atoms with Crippen LogP contribution in [0.4, 0.5) is 5.69 Å². The highest BCUT2D eigenvalue weighted by Gasteiger charge is 2.68. The second kappa shape index (κ2) is 41.0. The van der Waals surface area contributed by atoms with Gasteiger partial charge in [-0.05, 0) is 102 Å². The number of carboxylic acid groups (broad SMARTS) is 2. The third kappa shape index (κ3) is 20.1. The van der Waals surface area contributed by atoms with Gasteiger partial charge in [-0.1, -0.05) is 49.9 Å². The number of Topliss-reactive ketones (excluding diaryl/α,β-unsaturated/α-hetero) is 2. The lowest BCUT2D eigenvalue weighted by atomic mass is 9.74. The molecule has 7 amide bonds. The number of hydrogen-bond acceptors (Lipinski definition) is 34. The van der Waals surface area contributed by atoms with Crippen LogP contribution in [0.5, 0.6) is 0 Å². The second-order valence-electron chi connectivity index (χ2n) is 34.3. The molecule has 2 aromatic carbocycles. The Balaban J connectivity index is 0.000000273. The van der Waals surface area contributed by atoms with Crippen molar-refractivity contribution in [1.82, 2.24) is 24.9 Å². The van der Waals surface area contributed by atoms with Gasteiger partial charge in [-0.15, -0.1) is 47.0 Å². The van der Waals surface area contributed by atoms with Gasteiger partial charge in [0, 0.05) is 107 Å². The van der Waals surface area contributed by atoms with Crippen molar-refractivity contribution >= 4 is 118 Å². The number of nitrogens with zero attached hydrogens (tertiary/aromatic N) is 5. The number of nitrogens with one attached hydrogen (secondary N) is 1. The van der Waals surface area contributed by atoms with Crippen molar-refractivity contribution in [3.63, 3.8) is 0 Å². The zero-order chi connectivity index (χ0) is 92.7. The van der Waals surface area contributed by atoms with E-state index >= 15 is 0 Å². The monoisotopic (exact) mass is 1870 g/mol. The number of ether oxygens (including phenoxy) is 10. The Morgan fingerprint density at radius 3 is 1.91 bits per heavy atom. The molecule has 0 aromatic heterocycles. The average molecular weight is 1870 g/mol. The lowest BCUT2D eigenvalue weighted by Gasteiger charge is -2.50. The van der Waals surface area contributed by atoms with E-state index in [0.29, 0.717) is 78.1 Å². The number of imide groups is 2. The molecule has 12 heterocycles. The fraction of sp³-hybridized carbons (Fsp3) is 0.640. The molecule has 700 valence electrons. The first-order chi connectivity index (χ1) is 60.7. The Bertz CT molecular complexity index is 4670.